The van der Waals surface area contributed by atoms with Crippen LogP contribution in [0.2, 0.25) is 0 Å². The highest BCUT2D eigenvalue weighted by atomic mass is 19.3. The zero-order valence-electron chi connectivity index (χ0n) is 5.48. The number of hydrogen-bond acceptors (Lipinski definition) is 2. The number of nitriles is 1. The second-order valence-corrected chi connectivity index (χ2v) is 1.97. The van der Waals surface area contributed by atoms with Gasteiger partial charge in [-0.15, -0.1) is 0 Å². The molecule has 11 heavy (non-hydrogen) atoms. The predicted octanol–water partition coefficient (Wildman–Crippen LogP) is 1.16. The summed E-state index contributed by atoms with van der Waals surface area (Å²) in [5.41, 5.74) is 0. The second kappa shape index (κ2) is 2.66. The summed E-state index contributed by atoms with van der Waals surface area (Å²) < 4.78 is 48.1. The van der Waals surface area contributed by atoms with Crippen LogP contribution < -0.4 is 0 Å². The van der Waals surface area contributed by atoms with Gasteiger partial charge in [-0.1, -0.05) is 0 Å². The van der Waals surface area contributed by atoms with Gasteiger partial charge in [0.2, 0.25) is 0 Å². The summed E-state index contributed by atoms with van der Waals surface area (Å²) >= 11 is 0. The molecule has 0 aromatic heterocycles. The molecule has 2 atom stereocenters. The molecule has 0 spiro atoms. The van der Waals surface area contributed by atoms with Gasteiger partial charge in [0, 0.05) is 0 Å². The molecule has 0 aliphatic rings. The van der Waals surface area contributed by atoms with E-state index in [9.17, 15) is 17.6 Å². The van der Waals surface area contributed by atoms with Gasteiger partial charge >= 0.3 is 11.8 Å². The highest BCUT2D eigenvalue weighted by molar-refractivity contribution is 5.03. The van der Waals surface area contributed by atoms with Crippen molar-refractivity contribution in [3.05, 3.63) is 0 Å². The van der Waals surface area contributed by atoms with Crippen LogP contribution in [0.25, 0.3) is 0 Å². The SMILES string of the molecule is CC(F)C(F)(F)C(O)(F)C#N. The van der Waals surface area contributed by atoms with Crippen LogP contribution in [0.3, 0.4) is 0 Å². The smallest absolute Gasteiger partial charge is 0.346 e. The Labute approximate surface area is 60.0 Å². The molecule has 0 aliphatic heterocycles. The van der Waals surface area contributed by atoms with Crippen LogP contribution in [0, 0.1) is 11.3 Å². The van der Waals surface area contributed by atoms with Crippen molar-refractivity contribution in [2.75, 3.05) is 0 Å². The maximum atomic E-state index is 12.1. The molecule has 0 aromatic carbocycles. The molecule has 0 saturated carbocycles. The first kappa shape index (κ1) is 10.2. The molecule has 6 heteroatoms. The Morgan fingerprint density at radius 3 is 1.91 bits per heavy atom. The monoisotopic (exact) mass is 171 g/mol. The minimum Gasteiger partial charge on any atom is -0.346 e. The van der Waals surface area contributed by atoms with Crippen LogP contribution in [0.15, 0.2) is 0 Å². The fourth-order valence-electron chi connectivity index (χ4n) is 0.338. The van der Waals surface area contributed by atoms with E-state index in [2.05, 4.69) is 0 Å². The topological polar surface area (TPSA) is 44.0 Å². The normalized spacial score (nSPS) is 20.1. The predicted molar refractivity (Wildman–Crippen MR) is 27.2 cm³/mol. The molecule has 0 bridgehead atoms. The second-order valence-electron chi connectivity index (χ2n) is 1.97. The third-order valence-electron chi connectivity index (χ3n) is 1.09. The first-order valence-corrected chi connectivity index (χ1v) is 2.60. The van der Waals surface area contributed by atoms with Gasteiger partial charge in [-0.3, -0.25) is 0 Å². The molecular weight excluding hydrogens is 166 g/mol. The zero-order valence-corrected chi connectivity index (χ0v) is 5.48. The lowest BCUT2D eigenvalue weighted by Gasteiger charge is -2.23. The van der Waals surface area contributed by atoms with Gasteiger partial charge in [-0.25, -0.2) is 4.39 Å². The van der Waals surface area contributed by atoms with Crippen molar-refractivity contribution in [2.45, 2.75) is 24.9 Å². The van der Waals surface area contributed by atoms with Crippen LogP contribution in [0.5, 0.6) is 0 Å². The van der Waals surface area contributed by atoms with E-state index >= 15 is 0 Å². The Balaban J connectivity index is 4.71. The van der Waals surface area contributed by atoms with Crippen molar-refractivity contribution >= 4 is 0 Å². The number of halogens is 4. The van der Waals surface area contributed by atoms with E-state index in [1.54, 1.807) is 0 Å². The number of alkyl halides is 4. The molecule has 0 aliphatic carbocycles. The lowest BCUT2D eigenvalue weighted by Crippen LogP contribution is -2.48. The van der Waals surface area contributed by atoms with Gasteiger partial charge in [0.1, 0.15) is 6.07 Å². The standard InChI is InChI=1S/C5H5F4NO/c1-3(6)5(8,9)4(7,11)2-10/h3,11H,1H3. The number of hydrogen-bond donors (Lipinski definition) is 1. The molecule has 0 amide bonds. The van der Waals surface area contributed by atoms with Crippen molar-refractivity contribution in [3.8, 4) is 6.07 Å². The van der Waals surface area contributed by atoms with Gasteiger partial charge in [-0.05, 0) is 6.92 Å². The number of nitrogens with zero attached hydrogens (tertiary/aromatic N) is 1. The van der Waals surface area contributed by atoms with Gasteiger partial charge in [0.05, 0.1) is 0 Å². The Morgan fingerprint density at radius 2 is 1.82 bits per heavy atom. The quantitative estimate of drug-likeness (QED) is 0.500. The van der Waals surface area contributed by atoms with E-state index in [4.69, 9.17) is 10.4 Å². The third kappa shape index (κ3) is 1.60. The summed E-state index contributed by atoms with van der Waals surface area (Å²) in [4.78, 5) is 0. The summed E-state index contributed by atoms with van der Waals surface area (Å²) in [7, 11) is 0. The van der Waals surface area contributed by atoms with Gasteiger partial charge in [0.25, 0.3) is 0 Å². The Kier molecular flexibility index (Phi) is 2.46. The van der Waals surface area contributed by atoms with E-state index in [0.717, 1.165) is 0 Å². The summed E-state index contributed by atoms with van der Waals surface area (Å²) in [5, 5.41) is 15.7. The van der Waals surface area contributed by atoms with Crippen LogP contribution >= 0.6 is 0 Å². The molecule has 0 heterocycles. The Hall–Kier alpha value is -0.830. The van der Waals surface area contributed by atoms with E-state index in [1.165, 1.54) is 0 Å². The van der Waals surface area contributed by atoms with Gasteiger partial charge in [-0.2, -0.15) is 18.4 Å². The van der Waals surface area contributed by atoms with Gasteiger partial charge in [0.15, 0.2) is 6.17 Å². The van der Waals surface area contributed by atoms with Crippen molar-refractivity contribution in [1.29, 1.82) is 5.26 Å². The molecular formula is C5H5F4NO. The van der Waals surface area contributed by atoms with Crippen molar-refractivity contribution in [3.63, 3.8) is 0 Å². The molecule has 0 aromatic rings. The molecule has 0 saturated heterocycles. The highest BCUT2D eigenvalue weighted by Gasteiger charge is 2.59. The summed E-state index contributed by atoms with van der Waals surface area (Å²) in [6, 6.07) is 0.262. The number of aliphatic hydroxyl groups is 1. The Morgan fingerprint density at radius 1 is 1.45 bits per heavy atom. The lowest BCUT2D eigenvalue weighted by atomic mass is 10.1. The molecule has 0 radical (unpaired) electrons. The van der Waals surface area contributed by atoms with Crippen LogP contribution in [-0.4, -0.2) is 23.1 Å². The van der Waals surface area contributed by atoms with Crippen molar-refractivity contribution in [1.82, 2.24) is 0 Å². The van der Waals surface area contributed by atoms with Gasteiger partial charge < -0.3 is 5.11 Å². The van der Waals surface area contributed by atoms with Crippen LogP contribution in [0.1, 0.15) is 6.92 Å². The average molecular weight is 171 g/mol. The molecule has 64 valence electrons. The van der Waals surface area contributed by atoms with Crippen LogP contribution in [-0.2, 0) is 0 Å². The summed E-state index contributed by atoms with van der Waals surface area (Å²) in [5.74, 6) is -9.14. The average Bonchev–Trinajstić information content (AvgIpc) is 1.87. The minimum absolute atomic E-state index is 0.262. The van der Waals surface area contributed by atoms with Crippen molar-refractivity contribution in [2.24, 2.45) is 0 Å². The summed E-state index contributed by atoms with van der Waals surface area (Å²) in [6.07, 6.45) is -2.92. The summed E-state index contributed by atoms with van der Waals surface area (Å²) in [6.45, 7) is 0.349. The molecule has 0 fully saturated rings. The van der Waals surface area contributed by atoms with Crippen molar-refractivity contribution < 1.29 is 22.7 Å². The maximum absolute atomic E-state index is 12.1. The fourth-order valence-corrected chi connectivity index (χ4v) is 0.338. The van der Waals surface area contributed by atoms with E-state index in [0.29, 0.717) is 6.92 Å². The molecule has 2 nitrogen and oxygen atoms in total. The molecule has 2 unspecified atom stereocenters. The van der Waals surface area contributed by atoms with E-state index in [-0.39, 0.29) is 6.07 Å². The first-order valence-electron chi connectivity index (χ1n) is 2.60. The van der Waals surface area contributed by atoms with E-state index < -0.39 is 17.9 Å². The molecule has 0 rings (SSSR count). The maximum Gasteiger partial charge on any atom is 0.361 e. The highest BCUT2D eigenvalue weighted by Crippen LogP contribution is 2.34. The van der Waals surface area contributed by atoms with Crippen LogP contribution in [0.4, 0.5) is 17.6 Å². The van der Waals surface area contributed by atoms with E-state index in [1.807, 2.05) is 0 Å². The molecule has 1 N–H and O–H groups in total. The first-order chi connectivity index (χ1) is 4.75. The zero-order chi connectivity index (χ0) is 9.28. The largest absolute Gasteiger partial charge is 0.361 e. The minimum atomic E-state index is -4.69. The third-order valence-corrected chi connectivity index (χ3v) is 1.09. The fraction of sp³-hybridized carbons (Fsp3) is 0.800. The Bertz CT molecular complexity index is 183. The lowest BCUT2D eigenvalue weighted by molar-refractivity contribution is -0.242. The number of rotatable bonds is 2.